The molecule has 0 aliphatic carbocycles. The summed E-state index contributed by atoms with van der Waals surface area (Å²) in [6, 6.07) is 10.8. The van der Waals surface area contributed by atoms with Crippen molar-refractivity contribution in [3.63, 3.8) is 0 Å². The highest BCUT2D eigenvalue weighted by Gasteiger charge is 2.23. The van der Waals surface area contributed by atoms with E-state index in [1.807, 2.05) is 4.90 Å². The normalized spacial score (nSPS) is 15.2. The van der Waals surface area contributed by atoms with Gasteiger partial charge in [-0.3, -0.25) is 4.79 Å². The summed E-state index contributed by atoms with van der Waals surface area (Å²) in [5.41, 5.74) is 3.36. The monoisotopic (exact) mass is 398 g/mol. The van der Waals surface area contributed by atoms with Crippen LogP contribution in [0.3, 0.4) is 0 Å². The van der Waals surface area contributed by atoms with E-state index in [-0.39, 0.29) is 17.5 Å². The third-order valence-electron chi connectivity index (χ3n) is 5.91. The number of carbonyl (C=O) groups excluding carboxylic acids is 1. The van der Waals surface area contributed by atoms with Crippen LogP contribution in [0.2, 0.25) is 0 Å². The molecule has 0 spiro atoms. The molecule has 29 heavy (non-hydrogen) atoms. The van der Waals surface area contributed by atoms with Crippen molar-refractivity contribution in [2.45, 2.75) is 19.8 Å². The number of aromatic nitrogens is 1. The number of hydrogen-bond donors (Lipinski definition) is 2. The number of carbonyl (C=O) groups is 1. The molecule has 4 nitrogen and oxygen atoms in total. The molecule has 6 heteroatoms. The highest BCUT2D eigenvalue weighted by atomic mass is 19.1. The number of nitrogens with zero attached hydrogens (tertiary/aromatic N) is 1. The van der Waals surface area contributed by atoms with Gasteiger partial charge in [-0.25, -0.2) is 8.78 Å². The Kier molecular flexibility index (Phi) is 5.62. The van der Waals surface area contributed by atoms with E-state index >= 15 is 0 Å². The minimum Gasteiger partial charge on any atom is -0.354 e. The van der Waals surface area contributed by atoms with Gasteiger partial charge in [0.25, 0.3) is 0 Å². The van der Waals surface area contributed by atoms with Gasteiger partial charge in [0.05, 0.1) is 32.7 Å². The molecular formula is C23H26F2N3O+. The van der Waals surface area contributed by atoms with E-state index in [0.29, 0.717) is 12.8 Å². The zero-order valence-corrected chi connectivity index (χ0v) is 16.6. The van der Waals surface area contributed by atoms with Crippen LogP contribution >= 0.6 is 0 Å². The van der Waals surface area contributed by atoms with Gasteiger partial charge < -0.3 is 14.8 Å². The maximum absolute atomic E-state index is 13.9. The number of amides is 1. The van der Waals surface area contributed by atoms with E-state index in [0.717, 1.165) is 60.4 Å². The first-order valence-corrected chi connectivity index (χ1v) is 10.2. The van der Waals surface area contributed by atoms with Crippen LogP contribution in [0.4, 0.5) is 8.78 Å². The van der Waals surface area contributed by atoms with Crippen LogP contribution in [-0.2, 0) is 11.2 Å². The fraction of sp³-hybridized carbons (Fsp3) is 0.348. The summed E-state index contributed by atoms with van der Waals surface area (Å²) in [6.45, 7) is 6.80. The minimum absolute atomic E-state index is 0.135. The Morgan fingerprint density at radius 1 is 1.07 bits per heavy atom. The van der Waals surface area contributed by atoms with Crippen molar-refractivity contribution in [3.8, 4) is 11.3 Å². The average Bonchev–Trinajstić information content (AvgIpc) is 3.10. The number of benzene rings is 2. The zero-order chi connectivity index (χ0) is 20.4. The van der Waals surface area contributed by atoms with E-state index in [2.05, 4.69) is 11.9 Å². The van der Waals surface area contributed by atoms with Crippen molar-refractivity contribution in [1.29, 1.82) is 0 Å². The molecule has 152 valence electrons. The second-order valence-corrected chi connectivity index (χ2v) is 7.66. The minimum atomic E-state index is -0.312. The SMILES string of the molecule is CC[NH+]1CCN(C(=O)CCc2c(-c3ccc(F)cc3)[nH]c3ccc(F)cc23)CC1. The first-order valence-electron chi connectivity index (χ1n) is 10.2. The van der Waals surface area contributed by atoms with E-state index in [1.54, 1.807) is 18.2 Å². The Morgan fingerprint density at radius 3 is 2.45 bits per heavy atom. The standard InChI is InChI=1S/C23H25F2N3O/c1-2-27-11-13-28(14-12-27)22(29)10-8-19-20-15-18(25)7-9-21(20)26-23(19)16-3-5-17(24)6-4-16/h3-7,9,15,26H,2,8,10-14H2,1H3/p+1. The van der Waals surface area contributed by atoms with Crippen molar-refractivity contribution in [2.24, 2.45) is 0 Å². The predicted molar refractivity (Wildman–Crippen MR) is 110 cm³/mol. The summed E-state index contributed by atoms with van der Waals surface area (Å²) in [7, 11) is 0. The van der Waals surface area contributed by atoms with Gasteiger partial charge in [-0.1, -0.05) is 0 Å². The van der Waals surface area contributed by atoms with Crippen molar-refractivity contribution in [2.75, 3.05) is 32.7 Å². The number of nitrogens with one attached hydrogen (secondary N) is 2. The van der Waals surface area contributed by atoms with Crippen LogP contribution in [-0.4, -0.2) is 48.5 Å². The molecule has 0 atom stereocenters. The lowest BCUT2D eigenvalue weighted by Crippen LogP contribution is -3.14. The molecule has 1 aliphatic rings. The average molecular weight is 398 g/mol. The van der Waals surface area contributed by atoms with Gasteiger partial charge in [-0.15, -0.1) is 0 Å². The Labute approximate surface area is 169 Å². The van der Waals surface area contributed by atoms with E-state index in [4.69, 9.17) is 0 Å². The Bertz CT molecular complexity index is 1000. The van der Waals surface area contributed by atoms with E-state index < -0.39 is 0 Å². The van der Waals surface area contributed by atoms with E-state index in [1.165, 1.54) is 29.2 Å². The van der Waals surface area contributed by atoms with Gasteiger partial charge in [0.1, 0.15) is 11.6 Å². The first-order chi connectivity index (χ1) is 14.0. The molecule has 0 saturated carbocycles. The number of rotatable bonds is 5. The van der Waals surface area contributed by atoms with Crippen LogP contribution in [0.25, 0.3) is 22.2 Å². The summed E-state index contributed by atoms with van der Waals surface area (Å²) in [5.74, 6) is -0.481. The maximum atomic E-state index is 13.9. The smallest absolute Gasteiger partial charge is 0.223 e. The molecule has 0 unspecified atom stereocenters. The summed E-state index contributed by atoms with van der Waals surface area (Å²) in [6.07, 6.45) is 0.884. The molecule has 0 bridgehead atoms. The van der Waals surface area contributed by atoms with Crippen molar-refractivity contribution >= 4 is 16.8 Å². The molecule has 2 aromatic carbocycles. The highest BCUT2D eigenvalue weighted by Crippen LogP contribution is 2.32. The predicted octanol–water partition coefficient (Wildman–Crippen LogP) is 2.79. The number of aromatic amines is 1. The van der Waals surface area contributed by atoms with Crippen molar-refractivity contribution < 1.29 is 18.5 Å². The number of piperazine rings is 1. The largest absolute Gasteiger partial charge is 0.354 e. The fourth-order valence-electron chi connectivity index (χ4n) is 4.16. The molecule has 2 heterocycles. The van der Waals surface area contributed by atoms with Gasteiger partial charge >= 0.3 is 0 Å². The lowest BCUT2D eigenvalue weighted by atomic mass is 10.0. The number of H-pyrrole nitrogens is 1. The fourth-order valence-corrected chi connectivity index (χ4v) is 4.16. The Hall–Kier alpha value is -2.73. The lowest BCUT2D eigenvalue weighted by molar-refractivity contribution is -0.902. The van der Waals surface area contributed by atoms with Crippen LogP contribution in [0, 0.1) is 11.6 Å². The third kappa shape index (κ3) is 4.17. The van der Waals surface area contributed by atoms with Crippen LogP contribution in [0.5, 0.6) is 0 Å². The number of likely N-dealkylation sites (N-methyl/N-ethyl adjacent to an activating group) is 1. The quantitative estimate of drug-likeness (QED) is 0.682. The number of halogens is 2. The molecule has 1 saturated heterocycles. The molecule has 1 aromatic heterocycles. The molecule has 2 N–H and O–H groups in total. The second-order valence-electron chi connectivity index (χ2n) is 7.66. The van der Waals surface area contributed by atoms with Crippen molar-refractivity contribution in [3.05, 3.63) is 59.7 Å². The van der Waals surface area contributed by atoms with Crippen LogP contribution < -0.4 is 4.90 Å². The summed E-state index contributed by atoms with van der Waals surface area (Å²) in [5, 5.41) is 0.775. The van der Waals surface area contributed by atoms with Crippen LogP contribution in [0.1, 0.15) is 18.9 Å². The Morgan fingerprint density at radius 2 is 1.76 bits per heavy atom. The molecule has 3 aromatic rings. The summed E-state index contributed by atoms with van der Waals surface area (Å²) in [4.78, 5) is 19.6. The zero-order valence-electron chi connectivity index (χ0n) is 16.6. The molecule has 1 aliphatic heterocycles. The molecular weight excluding hydrogens is 372 g/mol. The van der Waals surface area contributed by atoms with Gasteiger partial charge in [0.2, 0.25) is 5.91 Å². The molecule has 1 fully saturated rings. The molecule has 4 rings (SSSR count). The summed E-state index contributed by atoms with van der Waals surface area (Å²) >= 11 is 0. The van der Waals surface area contributed by atoms with Gasteiger partial charge in [-0.2, -0.15) is 0 Å². The van der Waals surface area contributed by atoms with Gasteiger partial charge in [-0.05, 0) is 66.9 Å². The number of fused-ring (bicyclic) bond motifs is 1. The number of hydrogen-bond acceptors (Lipinski definition) is 1. The molecule has 1 amide bonds. The van der Waals surface area contributed by atoms with Crippen molar-refractivity contribution in [1.82, 2.24) is 9.88 Å². The van der Waals surface area contributed by atoms with Gasteiger partial charge in [0.15, 0.2) is 0 Å². The molecule has 0 radical (unpaired) electrons. The van der Waals surface area contributed by atoms with Gasteiger partial charge in [0, 0.05) is 23.0 Å². The summed E-state index contributed by atoms with van der Waals surface area (Å²) < 4.78 is 27.3. The Balaban J connectivity index is 1.58. The first kappa shape index (κ1) is 19.6. The maximum Gasteiger partial charge on any atom is 0.223 e. The lowest BCUT2D eigenvalue weighted by Gasteiger charge is -2.31. The number of quaternary nitrogens is 1. The van der Waals surface area contributed by atoms with E-state index in [9.17, 15) is 13.6 Å². The van der Waals surface area contributed by atoms with Crippen LogP contribution in [0.15, 0.2) is 42.5 Å². The topological polar surface area (TPSA) is 40.5 Å². The number of aryl methyl sites for hydroxylation is 1. The highest BCUT2D eigenvalue weighted by molar-refractivity contribution is 5.91. The third-order valence-corrected chi connectivity index (χ3v) is 5.91. The second kappa shape index (κ2) is 8.33.